The van der Waals surface area contributed by atoms with Gasteiger partial charge < -0.3 is 14.4 Å². The molecule has 0 aromatic heterocycles. The average Bonchev–Trinajstić information content (AvgIpc) is 2.54. The maximum atomic E-state index is 5.84. The number of nitrogens with zero attached hydrogens (tertiary/aromatic N) is 1. The molecule has 0 spiro atoms. The number of ether oxygens (including phenoxy) is 2. The number of benzene rings is 2. The predicted octanol–water partition coefficient (Wildman–Crippen LogP) is 3.58. The molecule has 0 saturated carbocycles. The summed E-state index contributed by atoms with van der Waals surface area (Å²) in [6.45, 7) is 9.47. The molecule has 2 rings (SSSR count). The van der Waals surface area contributed by atoms with Crippen LogP contribution in [0.15, 0.2) is 42.5 Å². The molecular formula is C18H25NO2. The van der Waals surface area contributed by atoms with Crippen LogP contribution in [-0.4, -0.2) is 44.4 Å². The molecule has 114 valence electrons. The van der Waals surface area contributed by atoms with Crippen molar-refractivity contribution in [3.8, 4) is 5.75 Å². The highest BCUT2D eigenvalue weighted by atomic mass is 16.5. The molecule has 0 saturated heterocycles. The lowest BCUT2D eigenvalue weighted by atomic mass is 10.1. The zero-order chi connectivity index (χ0) is 14.9. The molecule has 0 aliphatic carbocycles. The monoisotopic (exact) mass is 287 g/mol. The van der Waals surface area contributed by atoms with E-state index in [0.717, 1.165) is 37.4 Å². The Morgan fingerprint density at radius 3 is 2.43 bits per heavy atom. The Morgan fingerprint density at radius 1 is 0.857 bits per heavy atom. The van der Waals surface area contributed by atoms with Crippen molar-refractivity contribution < 1.29 is 9.47 Å². The minimum absolute atomic E-state index is 0.590. The third kappa shape index (κ3) is 4.73. The molecule has 0 unspecified atom stereocenters. The lowest BCUT2D eigenvalue weighted by molar-refractivity contribution is 0.0823. The van der Waals surface area contributed by atoms with E-state index in [0.29, 0.717) is 13.2 Å². The van der Waals surface area contributed by atoms with E-state index in [4.69, 9.17) is 9.47 Å². The molecule has 0 aliphatic heterocycles. The molecule has 21 heavy (non-hydrogen) atoms. The van der Waals surface area contributed by atoms with Gasteiger partial charge in [0.1, 0.15) is 12.4 Å². The maximum Gasteiger partial charge on any atom is 0.127 e. The van der Waals surface area contributed by atoms with Gasteiger partial charge in [0, 0.05) is 11.9 Å². The summed E-state index contributed by atoms with van der Waals surface area (Å²) < 4.78 is 11.5. The molecule has 0 heterocycles. The van der Waals surface area contributed by atoms with Crippen LogP contribution in [0.25, 0.3) is 10.8 Å². The fourth-order valence-electron chi connectivity index (χ4n) is 2.37. The van der Waals surface area contributed by atoms with E-state index in [1.165, 1.54) is 5.39 Å². The summed E-state index contributed by atoms with van der Waals surface area (Å²) in [4.78, 5) is 2.35. The molecule has 2 aromatic carbocycles. The first kappa shape index (κ1) is 15.8. The lowest BCUT2D eigenvalue weighted by Crippen LogP contribution is -2.27. The van der Waals surface area contributed by atoms with Gasteiger partial charge in [-0.25, -0.2) is 0 Å². The number of hydrogen-bond acceptors (Lipinski definition) is 3. The van der Waals surface area contributed by atoms with Crippen molar-refractivity contribution in [2.24, 2.45) is 0 Å². The van der Waals surface area contributed by atoms with Crippen molar-refractivity contribution in [2.45, 2.75) is 13.8 Å². The first-order valence-corrected chi connectivity index (χ1v) is 7.75. The average molecular weight is 287 g/mol. The summed E-state index contributed by atoms with van der Waals surface area (Å²) in [6, 6.07) is 14.4. The van der Waals surface area contributed by atoms with Crippen LogP contribution in [0, 0.1) is 0 Å². The zero-order valence-electron chi connectivity index (χ0n) is 13.0. The fourth-order valence-corrected chi connectivity index (χ4v) is 2.37. The second-order valence-electron chi connectivity index (χ2n) is 4.97. The minimum atomic E-state index is 0.590. The van der Waals surface area contributed by atoms with Crippen LogP contribution in [-0.2, 0) is 4.74 Å². The lowest BCUT2D eigenvalue weighted by Gasteiger charge is -2.17. The van der Waals surface area contributed by atoms with Gasteiger partial charge in [-0.2, -0.15) is 0 Å². The zero-order valence-corrected chi connectivity index (χ0v) is 13.0. The van der Waals surface area contributed by atoms with Gasteiger partial charge in [0.15, 0.2) is 0 Å². The highest BCUT2D eigenvalue weighted by molar-refractivity contribution is 5.88. The molecule has 0 fully saturated rings. The Balaban J connectivity index is 1.73. The highest BCUT2D eigenvalue weighted by Crippen LogP contribution is 2.24. The summed E-state index contributed by atoms with van der Waals surface area (Å²) >= 11 is 0. The fraction of sp³-hybridized carbons (Fsp3) is 0.444. The Morgan fingerprint density at radius 2 is 1.62 bits per heavy atom. The minimum Gasteiger partial charge on any atom is -0.491 e. The second kappa shape index (κ2) is 8.65. The molecule has 3 heteroatoms. The number of hydrogen-bond donors (Lipinski definition) is 0. The molecular weight excluding hydrogens is 262 g/mol. The molecule has 0 aliphatic rings. The third-order valence-electron chi connectivity index (χ3n) is 3.68. The Labute approximate surface area is 127 Å². The summed E-state index contributed by atoms with van der Waals surface area (Å²) in [5.74, 6) is 0.931. The van der Waals surface area contributed by atoms with Crippen LogP contribution in [0.3, 0.4) is 0 Å². The SMILES string of the molecule is CCN(CC)CCOCCOc1cccc2ccccc12. The van der Waals surface area contributed by atoms with Gasteiger partial charge in [0.25, 0.3) is 0 Å². The van der Waals surface area contributed by atoms with Crippen molar-refractivity contribution >= 4 is 10.8 Å². The first-order chi connectivity index (χ1) is 10.3. The van der Waals surface area contributed by atoms with Crippen LogP contribution < -0.4 is 4.74 Å². The Kier molecular flexibility index (Phi) is 6.51. The van der Waals surface area contributed by atoms with E-state index in [2.05, 4.69) is 36.9 Å². The van der Waals surface area contributed by atoms with E-state index < -0.39 is 0 Å². The van der Waals surface area contributed by atoms with Crippen LogP contribution in [0.5, 0.6) is 5.75 Å². The van der Waals surface area contributed by atoms with Gasteiger partial charge in [-0.05, 0) is 24.5 Å². The van der Waals surface area contributed by atoms with E-state index in [1.807, 2.05) is 24.3 Å². The third-order valence-corrected chi connectivity index (χ3v) is 3.68. The molecule has 0 atom stereocenters. The number of rotatable bonds is 9. The van der Waals surface area contributed by atoms with Crippen molar-refractivity contribution in [1.82, 2.24) is 4.90 Å². The standard InChI is InChI=1S/C18H25NO2/c1-3-19(4-2)12-13-20-14-15-21-18-11-7-9-16-8-5-6-10-17(16)18/h5-11H,3-4,12-15H2,1-2H3. The van der Waals surface area contributed by atoms with Crippen molar-refractivity contribution in [1.29, 1.82) is 0 Å². The largest absolute Gasteiger partial charge is 0.491 e. The summed E-state index contributed by atoms with van der Waals surface area (Å²) in [5, 5.41) is 2.36. The van der Waals surface area contributed by atoms with Crippen molar-refractivity contribution in [2.75, 3.05) is 39.5 Å². The molecule has 0 N–H and O–H groups in total. The van der Waals surface area contributed by atoms with E-state index in [9.17, 15) is 0 Å². The Bertz CT molecular complexity index is 532. The molecule has 0 radical (unpaired) electrons. The van der Waals surface area contributed by atoms with Crippen molar-refractivity contribution in [3.63, 3.8) is 0 Å². The summed E-state index contributed by atoms with van der Waals surface area (Å²) in [6.07, 6.45) is 0. The van der Waals surface area contributed by atoms with E-state index >= 15 is 0 Å². The van der Waals surface area contributed by atoms with Crippen LogP contribution in [0.2, 0.25) is 0 Å². The highest BCUT2D eigenvalue weighted by Gasteiger charge is 2.01. The maximum absolute atomic E-state index is 5.84. The number of likely N-dealkylation sites (N-methyl/N-ethyl adjacent to an activating group) is 1. The smallest absolute Gasteiger partial charge is 0.127 e. The molecule has 3 nitrogen and oxygen atoms in total. The quantitative estimate of drug-likeness (QED) is 0.658. The van der Waals surface area contributed by atoms with Crippen LogP contribution in [0.4, 0.5) is 0 Å². The summed E-state index contributed by atoms with van der Waals surface area (Å²) in [7, 11) is 0. The van der Waals surface area contributed by atoms with Gasteiger partial charge >= 0.3 is 0 Å². The first-order valence-electron chi connectivity index (χ1n) is 7.75. The Hall–Kier alpha value is -1.58. The van der Waals surface area contributed by atoms with Crippen molar-refractivity contribution in [3.05, 3.63) is 42.5 Å². The van der Waals surface area contributed by atoms with Crippen LogP contribution in [0.1, 0.15) is 13.8 Å². The van der Waals surface area contributed by atoms with Gasteiger partial charge in [0.05, 0.1) is 13.2 Å². The van der Waals surface area contributed by atoms with Crippen LogP contribution >= 0.6 is 0 Å². The topological polar surface area (TPSA) is 21.7 Å². The van der Waals surface area contributed by atoms with Gasteiger partial charge in [-0.1, -0.05) is 50.2 Å². The van der Waals surface area contributed by atoms with E-state index in [-0.39, 0.29) is 0 Å². The number of fused-ring (bicyclic) bond motifs is 1. The van der Waals surface area contributed by atoms with Gasteiger partial charge in [-0.15, -0.1) is 0 Å². The molecule has 0 amide bonds. The van der Waals surface area contributed by atoms with E-state index in [1.54, 1.807) is 0 Å². The molecule has 0 bridgehead atoms. The predicted molar refractivity (Wildman–Crippen MR) is 88.1 cm³/mol. The normalized spacial score (nSPS) is 11.2. The van der Waals surface area contributed by atoms with Gasteiger partial charge in [-0.3, -0.25) is 0 Å². The summed E-state index contributed by atoms with van der Waals surface area (Å²) in [5.41, 5.74) is 0. The van der Waals surface area contributed by atoms with Gasteiger partial charge in [0.2, 0.25) is 0 Å². The molecule has 2 aromatic rings. The second-order valence-corrected chi connectivity index (χ2v) is 4.97.